The molecule has 6 nitrogen and oxygen atoms in total. The molecule has 0 aromatic heterocycles. The van der Waals surface area contributed by atoms with Gasteiger partial charge in [0.15, 0.2) is 0 Å². The smallest absolute Gasteiger partial charge is 0.396 e. The maximum atomic E-state index is 13.5. The van der Waals surface area contributed by atoms with Gasteiger partial charge >= 0.3 is 12.2 Å². The first-order valence-corrected chi connectivity index (χ1v) is 8.88. The first-order valence-electron chi connectivity index (χ1n) is 8.88. The van der Waals surface area contributed by atoms with Crippen LogP contribution in [-0.2, 0) is 6.18 Å². The van der Waals surface area contributed by atoms with E-state index >= 15 is 0 Å². The Labute approximate surface area is 166 Å². The van der Waals surface area contributed by atoms with Crippen LogP contribution in [0.5, 0.6) is 0 Å². The highest BCUT2D eigenvalue weighted by Crippen LogP contribution is 2.36. The Bertz CT molecular complexity index is 857. The van der Waals surface area contributed by atoms with Crippen molar-refractivity contribution >= 4 is 23.3 Å². The lowest BCUT2D eigenvalue weighted by atomic mass is 10.1. The Balaban J connectivity index is 2.19. The minimum Gasteiger partial charge on any atom is -0.396 e. The zero-order valence-electron chi connectivity index (χ0n) is 15.9. The van der Waals surface area contributed by atoms with Crippen LogP contribution >= 0.6 is 0 Å². The van der Waals surface area contributed by atoms with Gasteiger partial charge in [0, 0.05) is 23.9 Å². The third kappa shape index (κ3) is 6.21. The predicted octanol–water partition coefficient (Wildman–Crippen LogP) is 4.10. The molecule has 0 aliphatic heterocycles. The molecule has 0 saturated heterocycles. The number of urea groups is 1. The summed E-state index contributed by atoms with van der Waals surface area (Å²) in [4.78, 5) is 24.2. The average Bonchev–Trinajstić information content (AvgIpc) is 2.68. The Hall–Kier alpha value is -3.07. The largest absolute Gasteiger partial charge is 0.418 e. The Morgan fingerprint density at radius 2 is 1.69 bits per heavy atom. The number of alkyl halides is 3. The number of carbonyl (C=O) groups excluding carboxylic acids is 2. The van der Waals surface area contributed by atoms with Crippen LogP contribution in [0.4, 0.5) is 29.3 Å². The van der Waals surface area contributed by atoms with Gasteiger partial charge in [0.2, 0.25) is 0 Å². The second-order valence-corrected chi connectivity index (χ2v) is 6.63. The van der Waals surface area contributed by atoms with Gasteiger partial charge in [-0.05, 0) is 43.2 Å². The highest BCUT2D eigenvalue weighted by Gasteiger charge is 2.34. The van der Waals surface area contributed by atoms with Crippen LogP contribution in [0, 0.1) is 5.92 Å². The highest BCUT2D eigenvalue weighted by atomic mass is 19.4. The maximum Gasteiger partial charge on any atom is 0.418 e. The first kappa shape index (κ1) is 22.2. The van der Waals surface area contributed by atoms with Crippen molar-refractivity contribution in [3.63, 3.8) is 0 Å². The number of hydrogen-bond donors (Lipinski definition) is 4. The summed E-state index contributed by atoms with van der Waals surface area (Å²) in [6.45, 7) is 3.15. The number of benzene rings is 2. The zero-order chi connectivity index (χ0) is 21.6. The molecule has 0 radical (unpaired) electrons. The molecule has 0 bridgehead atoms. The molecule has 3 amide bonds. The molecule has 0 spiro atoms. The Morgan fingerprint density at radius 1 is 1.03 bits per heavy atom. The van der Waals surface area contributed by atoms with E-state index in [2.05, 4.69) is 16.0 Å². The molecule has 2 unspecified atom stereocenters. The van der Waals surface area contributed by atoms with Crippen LogP contribution in [0.25, 0.3) is 0 Å². The fourth-order valence-electron chi connectivity index (χ4n) is 2.42. The van der Waals surface area contributed by atoms with E-state index in [1.807, 2.05) is 0 Å². The van der Waals surface area contributed by atoms with Gasteiger partial charge in [0.1, 0.15) is 0 Å². The zero-order valence-corrected chi connectivity index (χ0v) is 15.9. The summed E-state index contributed by atoms with van der Waals surface area (Å²) in [6, 6.07) is 9.89. The summed E-state index contributed by atoms with van der Waals surface area (Å²) in [5.74, 6) is -0.817. The number of nitrogens with one attached hydrogen (secondary N) is 3. The molecule has 0 fully saturated rings. The van der Waals surface area contributed by atoms with E-state index in [4.69, 9.17) is 5.11 Å². The highest BCUT2D eigenvalue weighted by molar-refractivity contribution is 6.04. The van der Waals surface area contributed by atoms with E-state index in [-0.39, 0.29) is 18.2 Å². The van der Waals surface area contributed by atoms with Crippen LogP contribution in [-0.4, -0.2) is 29.7 Å². The van der Waals surface area contributed by atoms with Crippen molar-refractivity contribution < 1.29 is 27.9 Å². The van der Waals surface area contributed by atoms with Gasteiger partial charge in [0.25, 0.3) is 5.91 Å². The van der Waals surface area contributed by atoms with E-state index in [0.717, 1.165) is 12.1 Å². The molecule has 2 rings (SSSR count). The van der Waals surface area contributed by atoms with Crippen molar-refractivity contribution in [1.29, 1.82) is 0 Å². The maximum absolute atomic E-state index is 13.5. The van der Waals surface area contributed by atoms with Gasteiger partial charge in [-0.15, -0.1) is 0 Å². The third-order valence-corrected chi connectivity index (χ3v) is 4.37. The average molecular weight is 409 g/mol. The fraction of sp³-hybridized carbons (Fsp3) is 0.300. The SMILES string of the molecule is CC(CO)C(C)NC(=O)Nc1ccc(NC(=O)c2ccccc2)cc1C(F)(F)F. The van der Waals surface area contributed by atoms with Crippen molar-refractivity contribution in [1.82, 2.24) is 5.32 Å². The summed E-state index contributed by atoms with van der Waals surface area (Å²) < 4.78 is 40.4. The third-order valence-electron chi connectivity index (χ3n) is 4.37. The minimum atomic E-state index is -4.75. The number of anilines is 2. The van der Waals surface area contributed by atoms with Crippen molar-refractivity contribution in [3.05, 3.63) is 59.7 Å². The molecule has 0 saturated carbocycles. The van der Waals surface area contributed by atoms with Gasteiger partial charge < -0.3 is 21.1 Å². The minimum absolute atomic E-state index is 0.0561. The number of rotatable bonds is 6. The number of hydrogen-bond acceptors (Lipinski definition) is 3. The molecule has 2 aromatic rings. The van der Waals surface area contributed by atoms with E-state index in [0.29, 0.717) is 5.56 Å². The molecular formula is C20H22F3N3O3. The summed E-state index contributed by atoms with van der Waals surface area (Å²) in [7, 11) is 0. The summed E-state index contributed by atoms with van der Waals surface area (Å²) in [5.41, 5.74) is -1.30. The van der Waals surface area contributed by atoms with Crippen molar-refractivity contribution in [3.8, 4) is 0 Å². The number of amides is 3. The molecular weight excluding hydrogens is 387 g/mol. The lowest BCUT2D eigenvalue weighted by Crippen LogP contribution is -2.41. The Morgan fingerprint density at radius 3 is 2.28 bits per heavy atom. The first-order chi connectivity index (χ1) is 13.6. The van der Waals surface area contributed by atoms with E-state index < -0.39 is 35.4 Å². The van der Waals surface area contributed by atoms with Crippen molar-refractivity contribution in [2.45, 2.75) is 26.1 Å². The number of carbonyl (C=O) groups is 2. The summed E-state index contributed by atoms with van der Waals surface area (Å²) in [6.07, 6.45) is -4.75. The van der Waals surface area contributed by atoms with Crippen LogP contribution in [0.15, 0.2) is 48.5 Å². The van der Waals surface area contributed by atoms with Crippen LogP contribution in [0.3, 0.4) is 0 Å². The summed E-state index contributed by atoms with van der Waals surface area (Å²) >= 11 is 0. The van der Waals surface area contributed by atoms with Crippen molar-refractivity contribution in [2.75, 3.05) is 17.2 Å². The molecule has 29 heavy (non-hydrogen) atoms. The van der Waals surface area contributed by atoms with Gasteiger partial charge in [0.05, 0.1) is 11.3 Å². The molecule has 4 N–H and O–H groups in total. The van der Waals surface area contributed by atoms with Crippen LogP contribution in [0.2, 0.25) is 0 Å². The number of aliphatic hydroxyl groups excluding tert-OH is 1. The Kier molecular flexibility index (Phi) is 7.22. The van der Waals surface area contributed by atoms with Gasteiger partial charge in [-0.25, -0.2) is 4.79 Å². The molecule has 0 aliphatic carbocycles. The second kappa shape index (κ2) is 9.42. The predicted molar refractivity (Wildman–Crippen MR) is 104 cm³/mol. The molecule has 0 aliphatic rings. The van der Waals surface area contributed by atoms with Gasteiger partial charge in [-0.2, -0.15) is 13.2 Å². The van der Waals surface area contributed by atoms with Crippen LogP contribution < -0.4 is 16.0 Å². The van der Waals surface area contributed by atoms with Gasteiger partial charge in [-0.1, -0.05) is 25.1 Å². The molecule has 9 heteroatoms. The lowest BCUT2D eigenvalue weighted by molar-refractivity contribution is -0.136. The quantitative estimate of drug-likeness (QED) is 0.579. The molecule has 156 valence electrons. The normalized spacial score (nSPS) is 13.3. The van der Waals surface area contributed by atoms with E-state index in [1.54, 1.807) is 32.0 Å². The standard InChI is InChI=1S/C20H22F3N3O3/c1-12(11-27)13(2)24-19(29)26-17-9-8-15(10-16(17)20(21,22)23)25-18(28)14-6-4-3-5-7-14/h3-10,12-13,27H,11H2,1-2H3,(H,25,28)(H2,24,26,29). The van der Waals surface area contributed by atoms with E-state index in [9.17, 15) is 22.8 Å². The molecule has 2 aromatic carbocycles. The summed E-state index contributed by atoms with van der Waals surface area (Å²) in [5, 5.41) is 16.2. The van der Waals surface area contributed by atoms with Gasteiger partial charge in [-0.3, -0.25) is 4.79 Å². The fourth-order valence-corrected chi connectivity index (χ4v) is 2.42. The topological polar surface area (TPSA) is 90.5 Å². The second-order valence-electron chi connectivity index (χ2n) is 6.63. The van der Waals surface area contributed by atoms with E-state index in [1.165, 1.54) is 18.2 Å². The molecule has 2 atom stereocenters. The molecule has 0 heterocycles. The van der Waals surface area contributed by atoms with Crippen LogP contribution in [0.1, 0.15) is 29.8 Å². The lowest BCUT2D eigenvalue weighted by Gasteiger charge is -2.21. The number of halogens is 3. The van der Waals surface area contributed by atoms with Crippen molar-refractivity contribution in [2.24, 2.45) is 5.92 Å². The number of aliphatic hydroxyl groups is 1. The monoisotopic (exact) mass is 409 g/mol.